The minimum Gasteiger partial charge on any atom is -0.335 e. The van der Waals surface area contributed by atoms with Crippen molar-refractivity contribution < 1.29 is 10.2 Å². The lowest BCUT2D eigenvalue weighted by molar-refractivity contribution is -0.877. The van der Waals surface area contributed by atoms with Crippen LogP contribution < -0.4 is 15.8 Å². The van der Waals surface area contributed by atoms with E-state index in [0.29, 0.717) is 5.39 Å². The summed E-state index contributed by atoms with van der Waals surface area (Å²) in [4.78, 5) is 18.4. The zero-order valence-electron chi connectivity index (χ0n) is 12.7. The molecule has 108 valence electrons. The topological polar surface area (TPSA) is 55.9 Å². The monoisotopic (exact) mass is 276 g/mol. The van der Waals surface area contributed by atoms with E-state index in [1.54, 1.807) is 11.6 Å². The molecule has 0 bridgehead atoms. The van der Waals surface area contributed by atoms with Crippen molar-refractivity contribution in [1.82, 2.24) is 9.55 Å². The number of aromatic nitrogens is 2. The highest BCUT2D eigenvalue weighted by molar-refractivity contribution is 5.77. The van der Waals surface area contributed by atoms with Crippen LogP contribution in [0, 0.1) is 0 Å². The number of rotatable bonds is 5. The Labute approximate surface area is 119 Å². The van der Waals surface area contributed by atoms with Crippen LogP contribution in [0.3, 0.4) is 0 Å². The van der Waals surface area contributed by atoms with Crippen molar-refractivity contribution in [3.8, 4) is 0 Å². The molecular formula is C15H24N4O+2. The minimum absolute atomic E-state index is 0.0316. The molecule has 1 heterocycles. The van der Waals surface area contributed by atoms with E-state index < -0.39 is 0 Å². The van der Waals surface area contributed by atoms with E-state index in [0.717, 1.165) is 24.4 Å². The van der Waals surface area contributed by atoms with Crippen molar-refractivity contribution in [3.63, 3.8) is 0 Å². The fourth-order valence-electron chi connectivity index (χ4n) is 2.37. The Hall–Kier alpha value is -1.72. The number of quaternary nitrogens is 2. The zero-order chi connectivity index (χ0) is 14.7. The molecule has 20 heavy (non-hydrogen) atoms. The number of para-hydroxylation sites is 1. The summed E-state index contributed by atoms with van der Waals surface area (Å²) < 4.78 is 1.67. The largest absolute Gasteiger partial charge is 0.335 e. The Balaban J connectivity index is 2.30. The van der Waals surface area contributed by atoms with E-state index in [2.05, 4.69) is 31.3 Å². The molecule has 0 spiro atoms. The Morgan fingerprint density at radius 2 is 2.05 bits per heavy atom. The summed E-state index contributed by atoms with van der Waals surface area (Å²) in [6.07, 6.45) is 0. The van der Waals surface area contributed by atoms with Gasteiger partial charge in [0.05, 0.1) is 25.0 Å². The van der Waals surface area contributed by atoms with Crippen LogP contribution in [-0.4, -0.2) is 36.7 Å². The lowest BCUT2D eigenvalue weighted by Crippen LogP contribution is -3.09. The van der Waals surface area contributed by atoms with Gasteiger partial charge in [-0.3, -0.25) is 9.36 Å². The van der Waals surface area contributed by atoms with Gasteiger partial charge in [-0.1, -0.05) is 12.1 Å². The summed E-state index contributed by atoms with van der Waals surface area (Å²) in [5.41, 5.74) is 0.813. The number of benzene rings is 1. The lowest BCUT2D eigenvalue weighted by atomic mass is 10.2. The van der Waals surface area contributed by atoms with Gasteiger partial charge >= 0.3 is 0 Å². The molecule has 0 amide bonds. The molecule has 0 saturated heterocycles. The number of nitrogens with two attached hydrogens (primary N) is 1. The highest BCUT2D eigenvalue weighted by atomic mass is 16.1. The third kappa shape index (κ3) is 3.05. The first-order chi connectivity index (χ1) is 9.50. The Bertz CT molecular complexity index is 648. The third-order valence-electron chi connectivity index (χ3n) is 3.59. The number of nitrogens with zero attached hydrogens (tertiary/aromatic N) is 2. The Morgan fingerprint density at radius 3 is 2.75 bits per heavy atom. The maximum absolute atomic E-state index is 12.3. The van der Waals surface area contributed by atoms with Crippen LogP contribution in [-0.2, 0) is 7.05 Å². The molecule has 5 nitrogen and oxygen atoms in total. The normalized spacial score (nSPS) is 13.1. The first kappa shape index (κ1) is 14.7. The summed E-state index contributed by atoms with van der Waals surface area (Å²) in [6, 6.07) is 7.70. The van der Waals surface area contributed by atoms with Gasteiger partial charge in [0, 0.05) is 7.05 Å². The van der Waals surface area contributed by atoms with Gasteiger partial charge in [-0.2, -0.15) is 0 Å². The second-order valence-corrected chi connectivity index (χ2v) is 5.62. The van der Waals surface area contributed by atoms with Crippen molar-refractivity contribution in [2.45, 2.75) is 13.0 Å². The van der Waals surface area contributed by atoms with Crippen molar-refractivity contribution in [1.29, 1.82) is 0 Å². The average Bonchev–Trinajstić information content (AvgIpc) is 2.42. The molecule has 2 aromatic rings. The molecule has 1 atom stereocenters. The van der Waals surface area contributed by atoms with Crippen LogP contribution in [0.4, 0.5) is 0 Å². The number of likely N-dealkylation sites (N-methyl/N-ethyl adjacent to an activating group) is 1. The van der Waals surface area contributed by atoms with Crippen LogP contribution in [0.1, 0.15) is 18.8 Å². The van der Waals surface area contributed by atoms with E-state index in [-0.39, 0.29) is 11.6 Å². The second kappa shape index (κ2) is 6.15. The van der Waals surface area contributed by atoms with Gasteiger partial charge < -0.3 is 10.2 Å². The van der Waals surface area contributed by atoms with Gasteiger partial charge in [0.1, 0.15) is 19.1 Å². The average molecular weight is 276 g/mol. The molecule has 0 aliphatic rings. The number of hydrogen-bond donors (Lipinski definition) is 2. The smallest absolute Gasteiger partial charge is 0.261 e. The van der Waals surface area contributed by atoms with Crippen molar-refractivity contribution in [2.75, 3.05) is 27.2 Å². The number of hydrogen-bond acceptors (Lipinski definition) is 2. The van der Waals surface area contributed by atoms with Gasteiger partial charge in [0.15, 0.2) is 5.82 Å². The molecule has 0 aliphatic heterocycles. The van der Waals surface area contributed by atoms with E-state index in [1.807, 2.05) is 24.3 Å². The summed E-state index contributed by atoms with van der Waals surface area (Å²) in [5.74, 6) is 0.836. The Kier molecular flexibility index (Phi) is 4.52. The highest BCUT2D eigenvalue weighted by Gasteiger charge is 2.16. The molecule has 1 aromatic heterocycles. The minimum atomic E-state index is 0.0316. The summed E-state index contributed by atoms with van der Waals surface area (Å²) >= 11 is 0. The molecule has 0 radical (unpaired) electrons. The van der Waals surface area contributed by atoms with E-state index >= 15 is 0 Å². The van der Waals surface area contributed by atoms with Crippen molar-refractivity contribution in [3.05, 3.63) is 40.4 Å². The van der Waals surface area contributed by atoms with Crippen LogP contribution >= 0.6 is 0 Å². The predicted octanol–water partition coefficient (Wildman–Crippen LogP) is -1.30. The standard InChI is InChI=1S/C15H22N4O/c1-11(16-9-10-18(2)3)14-17-13-8-6-5-7-12(13)15(20)19(14)4/h5-8,11,16H,9-10H2,1-4H3/p+2/t11-/m0/s1. The summed E-state index contributed by atoms with van der Waals surface area (Å²) in [7, 11) is 6.09. The number of nitrogens with one attached hydrogen (secondary N) is 1. The van der Waals surface area contributed by atoms with E-state index in [1.165, 1.54) is 4.90 Å². The Morgan fingerprint density at radius 1 is 1.35 bits per heavy atom. The third-order valence-corrected chi connectivity index (χ3v) is 3.59. The zero-order valence-corrected chi connectivity index (χ0v) is 12.7. The maximum atomic E-state index is 12.3. The molecule has 5 heteroatoms. The number of fused-ring (bicyclic) bond motifs is 1. The first-order valence-electron chi connectivity index (χ1n) is 7.08. The van der Waals surface area contributed by atoms with E-state index in [9.17, 15) is 4.79 Å². The SMILES string of the molecule is C[C@H]([NH2+]CC[NH+](C)C)c1nc2ccccc2c(=O)n1C. The molecular weight excluding hydrogens is 252 g/mol. The van der Waals surface area contributed by atoms with Gasteiger partial charge in [-0.05, 0) is 19.1 Å². The van der Waals surface area contributed by atoms with Crippen molar-refractivity contribution >= 4 is 10.9 Å². The predicted molar refractivity (Wildman–Crippen MR) is 79.9 cm³/mol. The van der Waals surface area contributed by atoms with Crippen LogP contribution in [0.25, 0.3) is 10.9 Å². The van der Waals surface area contributed by atoms with Crippen molar-refractivity contribution in [2.24, 2.45) is 7.05 Å². The fraction of sp³-hybridized carbons (Fsp3) is 0.467. The maximum Gasteiger partial charge on any atom is 0.261 e. The molecule has 3 N–H and O–H groups in total. The van der Waals surface area contributed by atoms with Gasteiger partial charge in [0.2, 0.25) is 0 Å². The highest BCUT2D eigenvalue weighted by Crippen LogP contribution is 2.10. The van der Waals surface area contributed by atoms with Gasteiger partial charge in [-0.15, -0.1) is 0 Å². The molecule has 0 saturated carbocycles. The molecule has 1 aromatic carbocycles. The summed E-state index contributed by atoms with van der Waals surface area (Å²) in [6.45, 7) is 4.21. The van der Waals surface area contributed by atoms with E-state index in [4.69, 9.17) is 0 Å². The molecule has 0 unspecified atom stereocenters. The van der Waals surface area contributed by atoms with Gasteiger partial charge in [-0.25, -0.2) is 4.98 Å². The fourth-order valence-corrected chi connectivity index (χ4v) is 2.37. The summed E-state index contributed by atoms with van der Waals surface area (Å²) in [5, 5.41) is 2.92. The van der Waals surface area contributed by atoms with Crippen LogP contribution in [0.5, 0.6) is 0 Å². The van der Waals surface area contributed by atoms with Gasteiger partial charge in [0.25, 0.3) is 5.56 Å². The van der Waals surface area contributed by atoms with Crippen LogP contribution in [0.15, 0.2) is 29.1 Å². The lowest BCUT2D eigenvalue weighted by Gasteiger charge is -2.15. The quantitative estimate of drug-likeness (QED) is 0.713. The molecule has 0 fully saturated rings. The first-order valence-corrected chi connectivity index (χ1v) is 7.08. The molecule has 0 aliphatic carbocycles. The van der Waals surface area contributed by atoms with Crippen LogP contribution in [0.2, 0.25) is 0 Å². The molecule has 2 rings (SSSR count). The second-order valence-electron chi connectivity index (χ2n) is 5.62.